The van der Waals surface area contributed by atoms with Crippen molar-refractivity contribution >= 4 is 10.8 Å². The molecule has 0 spiro atoms. The minimum Gasteiger partial charge on any atom is -0.309 e. The van der Waals surface area contributed by atoms with E-state index in [1.165, 1.54) is 18.4 Å². The third kappa shape index (κ3) is 3.65. The van der Waals surface area contributed by atoms with E-state index in [0.29, 0.717) is 6.04 Å². The Labute approximate surface area is 106 Å². The quantitative estimate of drug-likeness (QED) is 0.841. The highest BCUT2D eigenvalue weighted by Gasteiger charge is 2.32. The van der Waals surface area contributed by atoms with Gasteiger partial charge in [-0.25, -0.2) is 0 Å². The molecule has 94 valence electrons. The van der Waals surface area contributed by atoms with Crippen LogP contribution in [0.1, 0.15) is 31.4 Å². The molecule has 1 N–H and O–H groups in total. The molecular formula is C14H21NOS. The number of hydrogen-bond donors (Lipinski definition) is 1. The lowest BCUT2D eigenvalue weighted by molar-refractivity contribution is 0.482. The molecule has 0 saturated heterocycles. The van der Waals surface area contributed by atoms with Crippen LogP contribution in [0.3, 0.4) is 0 Å². The van der Waals surface area contributed by atoms with Crippen molar-refractivity contribution in [2.24, 2.45) is 5.92 Å². The summed E-state index contributed by atoms with van der Waals surface area (Å²) in [5.74, 6) is 0.773. The Morgan fingerprint density at radius 1 is 1.35 bits per heavy atom. The minimum absolute atomic E-state index is 0.222. The molecule has 0 aromatic heterocycles. The maximum absolute atomic E-state index is 11.3. The third-order valence-corrected chi connectivity index (χ3v) is 4.74. The van der Waals surface area contributed by atoms with E-state index >= 15 is 0 Å². The fraction of sp³-hybridized carbons (Fsp3) is 0.571. The average molecular weight is 251 g/mol. The Balaban J connectivity index is 1.97. The van der Waals surface area contributed by atoms with E-state index in [2.05, 4.69) is 35.6 Å². The predicted octanol–water partition coefficient (Wildman–Crippen LogP) is 2.49. The van der Waals surface area contributed by atoms with Crippen molar-refractivity contribution < 1.29 is 4.21 Å². The van der Waals surface area contributed by atoms with Gasteiger partial charge in [-0.3, -0.25) is 4.21 Å². The van der Waals surface area contributed by atoms with E-state index in [9.17, 15) is 4.21 Å². The first kappa shape index (κ1) is 12.8. The molecule has 1 aromatic rings. The zero-order valence-electron chi connectivity index (χ0n) is 10.6. The zero-order valence-corrected chi connectivity index (χ0v) is 11.4. The van der Waals surface area contributed by atoms with Crippen molar-refractivity contribution in [2.75, 3.05) is 12.8 Å². The van der Waals surface area contributed by atoms with Gasteiger partial charge in [-0.05, 0) is 31.2 Å². The van der Waals surface area contributed by atoms with Crippen LogP contribution < -0.4 is 5.32 Å². The predicted molar refractivity (Wildman–Crippen MR) is 73.4 cm³/mol. The average Bonchev–Trinajstić information content (AvgIpc) is 3.15. The summed E-state index contributed by atoms with van der Waals surface area (Å²) < 4.78 is 11.3. The van der Waals surface area contributed by atoms with Crippen LogP contribution in [0.15, 0.2) is 30.3 Å². The highest BCUT2D eigenvalue weighted by molar-refractivity contribution is 7.84. The number of benzene rings is 1. The summed E-state index contributed by atoms with van der Waals surface area (Å²) in [5, 5.41) is 3.81. The van der Waals surface area contributed by atoms with E-state index in [1.807, 2.05) is 6.92 Å². The smallest absolute Gasteiger partial charge is 0.0441 e. The van der Waals surface area contributed by atoms with Gasteiger partial charge in [-0.1, -0.05) is 30.3 Å². The standard InChI is InChI=1S/C14H21NOS/c1-11(17(2)16)10-15-14(13-8-9-13)12-6-4-3-5-7-12/h3-7,11,13-15H,8-10H2,1-2H3/t11-,14+,17-/m1/s1. The molecule has 0 unspecified atom stereocenters. The Morgan fingerprint density at radius 2 is 2.00 bits per heavy atom. The van der Waals surface area contributed by atoms with Crippen LogP contribution in [0, 0.1) is 5.92 Å². The molecule has 1 aromatic carbocycles. The highest BCUT2D eigenvalue weighted by Crippen LogP contribution is 2.40. The van der Waals surface area contributed by atoms with E-state index in [1.54, 1.807) is 6.26 Å². The van der Waals surface area contributed by atoms with Gasteiger partial charge in [-0.15, -0.1) is 0 Å². The molecule has 2 rings (SSSR count). The third-order valence-electron chi connectivity index (χ3n) is 3.44. The fourth-order valence-electron chi connectivity index (χ4n) is 2.06. The minimum atomic E-state index is -0.738. The molecule has 1 saturated carbocycles. The number of nitrogens with one attached hydrogen (secondary N) is 1. The molecule has 1 aliphatic carbocycles. The van der Waals surface area contributed by atoms with Gasteiger partial charge in [0.05, 0.1) is 0 Å². The Bertz CT molecular complexity index is 375. The first-order valence-corrected chi connectivity index (χ1v) is 7.91. The lowest BCUT2D eigenvalue weighted by atomic mass is 10.0. The summed E-state index contributed by atoms with van der Waals surface area (Å²) in [6.07, 6.45) is 4.41. The Morgan fingerprint density at radius 3 is 2.53 bits per heavy atom. The summed E-state index contributed by atoms with van der Waals surface area (Å²) in [6.45, 7) is 2.87. The van der Waals surface area contributed by atoms with Gasteiger partial charge < -0.3 is 5.32 Å². The zero-order chi connectivity index (χ0) is 12.3. The Kier molecular flexibility index (Phi) is 4.35. The van der Waals surface area contributed by atoms with Crippen molar-refractivity contribution in [1.29, 1.82) is 0 Å². The van der Waals surface area contributed by atoms with Crippen LogP contribution in [0.4, 0.5) is 0 Å². The molecule has 3 atom stereocenters. The van der Waals surface area contributed by atoms with Gasteiger partial charge in [0.1, 0.15) is 0 Å². The van der Waals surface area contributed by atoms with Crippen molar-refractivity contribution in [1.82, 2.24) is 5.32 Å². The second-order valence-electron chi connectivity index (χ2n) is 4.94. The molecule has 0 heterocycles. The van der Waals surface area contributed by atoms with Crippen LogP contribution in [0.25, 0.3) is 0 Å². The van der Waals surface area contributed by atoms with E-state index in [0.717, 1.165) is 12.5 Å². The molecular weight excluding hydrogens is 230 g/mol. The van der Waals surface area contributed by atoms with Crippen molar-refractivity contribution in [3.05, 3.63) is 35.9 Å². The van der Waals surface area contributed by atoms with Gasteiger partial charge in [0.25, 0.3) is 0 Å². The van der Waals surface area contributed by atoms with E-state index < -0.39 is 10.8 Å². The van der Waals surface area contributed by atoms with Crippen LogP contribution >= 0.6 is 0 Å². The first-order valence-electron chi connectivity index (χ1n) is 6.29. The fourth-order valence-corrected chi connectivity index (χ4v) is 2.39. The lowest BCUT2D eigenvalue weighted by Gasteiger charge is -2.20. The summed E-state index contributed by atoms with van der Waals surface area (Å²) in [6, 6.07) is 11.0. The van der Waals surface area contributed by atoms with Gasteiger partial charge in [0, 0.05) is 34.9 Å². The van der Waals surface area contributed by atoms with Gasteiger partial charge in [0.2, 0.25) is 0 Å². The number of rotatable bonds is 6. The van der Waals surface area contributed by atoms with Crippen molar-refractivity contribution in [3.63, 3.8) is 0 Å². The maximum Gasteiger partial charge on any atom is 0.0441 e. The monoisotopic (exact) mass is 251 g/mol. The second-order valence-corrected chi connectivity index (χ2v) is 6.75. The van der Waals surface area contributed by atoms with Gasteiger partial charge in [-0.2, -0.15) is 0 Å². The van der Waals surface area contributed by atoms with Gasteiger partial charge in [0.15, 0.2) is 0 Å². The number of hydrogen-bond acceptors (Lipinski definition) is 2. The largest absolute Gasteiger partial charge is 0.309 e. The molecule has 17 heavy (non-hydrogen) atoms. The molecule has 1 aliphatic rings. The van der Waals surface area contributed by atoms with Crippen molar-refractivity contribution in [3.8, 4) is 0 Å². The molecule has 0 amide bonds. The van der Waals surface area contributed by atoms with Gasteiger partial charge >= 0.3 is 0 Å². The first-order chi connectivity index (χ1) is 8.18. The normalized spacial score (nSPS) is 20.8. The summed E-state index contributed by atoms with van der Waals surface area (Å²) in [4.78, 5) is 0. The Hall–Kier alpha value is -0.670. The second kappa shape index (κ2) is 5.78. The lowest BCUT2D eigenvalue weighted by Crippen LogP contribution is -2.32. The molecule has 2 nitrogen and oxygen atoms in total. The molecule has 3 heteroatoms. The summed E-state index contributed by atoms with van der Waals surface area (Å²) in [7, 11) is -0.738. The molecule has 0 aliphatic heterocycles. The topological polar surface area (TPSA) is 29.1 Å². The molecule has 0 bridgehead atoms. The maximum atomic E-state index is 11.3. The van der Waals surface area contributed by atoms with Crippen LogP contribution in [0.5, 0.6) is 0 Å². The molecule has 1 fully saturated rings. The SMILES string of the molecule is C[C@H](CN[C@@H](c1ccccc1)C1CC1)[S@@](C)=O. The summed E-state index contributed by atoms with van der Waals surface area (Å²) in [5.41, 5.74) is 1.36. The molecule has 0 radical (unpaired) electrons. The van der Waals surface area contributed by atoms with E-state index in [4.69, 9.17) is 0 Å². The van der Waals surface area contributed by atoms with Crippen LogP contribution in [-0.2, 0) is 10.8 Å². The highest BCUT2D eigenvalue weighted by atomic mass is 32.2. The van der Waals surface area contributed by atoms with Crippen molar-refractivity contribution in [2.45, 2.75) is 31.1 Å². The summed E-state index contributed by atoms with van der Waals surface area (Å²) >= 11 is 0. The van der Waals surface area contributed by atoms with Crippen LogP contribution in [0.2, 0.25) is 0 Å². The van der Waals surface area contributed by atoms with Crippen LogP contribution in [-0.4, -0.2) is 22.3 Å². The van der Waals surface area contributed by atoms with E-state index in [-0.39, 0.29) is 5.25 Å².